The maximum atomic E-state index is 13.0. The summed E-state index contributed by atoms with van der Waals surface area (Å²) in [6, 6.07) is 4.97. The smallest absolute Gasteiger partial charge is 0.389 e. The van der Waals surface area contributed by atoms with Crippen LogP contribution in [0.25, 0.3) is 11.3 Å². The van der Waals surface area contributed by atoms with Gasteiger partial charge in [0.05, 0.1) is 18.4 Å². The highest BCUT2D eigenvalue weighted by atomic mass is 19.4. The van der Waals surface area contributed by atoms with Crippen LogP contribution in [0.1, 0.15) is 67.6 Å². The van der Waals surface area contributed by atoms with Crippen molar-refractivity contribution in [3.8, 4) is 17.0 Å². The normalized spacial score (nSPS) is 20.9. The highest BCUT2D eigenvalue weighted by molar-refractivity contribution is 5.95. The number of aromatic nitrogens is 2. The molecule has 3 rings (SSSR count). The second-order valence-corrected chi connectivity index (χ2v) is 9.38. The van der Waals surface area contributed by atoms with Gasteiger partial charge in [0.1, 0.15) is 5.75 Å². The van der Waals surface area contributed by atoms with Crippen molar-refractivity contribution in [2.24, 2.45) is 5.92 Å². The fraction of sp³-hybridized carbons (Fsp3) is 0.600. The maximum absolute atomic E-state index is 13.0. The van der Waals surface area contributed by atoms with Crippen molar-refractivity contribution in [2.45, 2.75) is 77.6 Å². The number of carbonyl (C=O) groups excluding carboxylic acids is 1. The Balaban J connectivity index is 1.83. The van der Waals surface area contributed by atoms with Gasteiger partial charge in [0.25, 0.3) is 5.91 Å². The van der Waals surface area contributed by atoms with Crippen LogP contribution in [0.5, 0.6) is 5.75 Å². The number of ether oxygens (including phenoxy) is 1. The Morgan fingerprint density at radius 2 is 2.00 bits per heavy atom. The van der Waals surface area contributed by atoms with Crippen molar-refractivity contribution in [3.63, 3.8) is 0 Å². The van der Waals surface area contributed by atoms with Gasteiger partial charge in [-0.3, -0.25) is 9.48 Å². The van der Waals surface area contributed by atoms with Gasteiger partial charge in [0.15, 0.2) is 5.69 Å². The molecule has 34 heavy (non-hydrogen) atoms. The number of alkyl halides is 3. The Kier molecular flexibility index (Phi) is 7.95. The van der Waals surface area contributed by atoms with Gasteiger partial charge in [0, 0.05) is 30.6 Å². The highest BCUT2D eigenvalue weighted by Gasteiger charge is 2.33. The van der Waals surface area contributed by atoms with Crippen LogP contribution in [-0.2, 0) is 13.0 Å². The summed E-state index contributed by atoms with van der Waals surface area (Å²) in [6.07, 6.45) is -2.11. The number of carbonyl (C=O) groups is 1. The summed E-state index contributed by atoms with van der Waals surface area (Å²) in [5.74, 6) is 0.643. The van der Waals surface area contributed by atoms with Gasteiger partial charge in [-0.2, -0.15) is 18.3 Å². The molecule has 1 fully saturated rings. The maximum Gasteiger partial charge on any atom is 0.389 e. The van der Waals surface area contributed by atoms with Gasteiger partial charge >= 0.3 is 6.18 Å². The molecule has 2 aromatic rings. The number of aliphatic hydroxyl groups is 1. The van der Waals surface area contributed by atoms with Gasteiger partial charge in [-0.05, 0) is 69.6 Å². The van der Waals surface area contributed by atoms with Gasteiger partial charge in [0.2, 0.25) is 0 Å². The lowest BCUT2D eigenvalue weighted by molar-refractivity contribution is -0.134. The molecule has 1 aliphatic carbocycles. The van der Waals surface area contributed by atoms with Crippen LogP contribution in [0.15, 0.2) is 18.2 Å². The molecule has 1 heterocycles. The predicted molar refractivity (Wildman–Crippen MR) is 124 cm³/mol. The van der Waals surface area contributed by atoms with Gasteiger partial charge in [-0.1, -0.05) is 13.0 Å². The quantitative estimate of drug-likeness (QED) is 0.553. The lowest BCUT2D eigenvalue weighted by atomic mass is 9.79. The van der Waals surface area contributed by atoms with Crippen LogP contribution in [0, 0.1) is 12.8 Å². The minimum Gasteiger partial charge on any atom is -0.496 e. The number of methoxy groups -OCH3 is 1. The van der Waals surface area contributed by atoms with Crippen LogP contribution in [0.2, 0.25) is 0 Å². The molecular formula is C25H34F3N3O3. The van der Waals surface area contributed by atoms with Crippen molar-refractivity contribution in [1.29, 1.82) is 0 Å². The fourth-order valence-electron chi connectivity index (χ4n) is 4.51. The topological polar surface area (TPSA) is 76.4 Å². The molecule has 1 aromatic heterocycles. The average Bonchev–Trinajstić information content (AvgIpc) is 3.13. The third kappa shape index (κ3) is 6.11. The number of amides is 1. The minimum absolute atomic E-state index is 0.137. The molecule has 0 atom stereocenters. The van der Waals surface area contributed by atoms with Crippen molar-refractivity contribution in [1.82, 2.24) is 15.1 Å². The van der Waals surface area contributed by atoms with Gasteiger partial charge in [-0.15, -0.1) is 0 Å². The molecule has 0 aliphatic heterocycles. The van der Waals surface area contributed by atoms with E-state index >= 15 is 0 Å². The number of nitrogens with zero attached hydrogens (tertiary/aromatic N) is 2. The van der Waals surface area contributed by atoms with E-state index < -0.39 is 18.2 Å². The summed E-state index contributed by atoms with van der Waals surface area (Å²) in [7, 11) is 1.47. The fourth-order valence-corrected chi connectivity index (χ4v) is 4.51. The Labute approximate surface area is 198 Å². The van der Waals surface area contributed by atoms with Gasteiger partial charge < -0.3 is 15.2 Å². The first-order chi connectivity index (χ1) is 16.0. The molecule has 2 N–H and O–H groups in total. The van der Waals surface area contributed by atoms with Crippen molar-refractivity contribution in [3.05, 3.63) is 35.0 Å². The molecule has 0 bridgehead atoms. The standard InChI is InChI=1S/C25H34F3N3O3/c1-5-31-22(19-7-6-18(14-20(19)34-4)10-13-25(26,27)28)17(3)21(30-31)23(32)29-15-24(33)11-8-16(2)9-12-24/h6-7,14,16,33H,5,8-13,15H2,1-4H3,(H,29,32). The monoisotopic (exact) mass is 481 g/mol. The Hall–Kier alpha value is -2.55. The minimum atomic E-state index is -4.23. The first-order valence-corrected chi connectivity index (χ1v) is 11.8. The van der Waals surface area contributed by atoms with E-state index in [1.165, 1.54) is 7.11 Å². The lowest BCUT2D eigenvalue weighted by Gasteiger charge is -2.34. The summed E-state index contributed by atoms with van der Waals surface area (Å²) >= 11 is 0. The Morgan fingerprint density at radius 3 is 2.59 bits per heavy atom. The Morgan fingerprint density at radius 1 is 1.32 bits per heavy atom. The van der Waals surface area contributed by atoms with Crippen LogP contribution >= 0.6 is 0 Å². The summed E-state index contributed by atoms with van der Waals surface area (Å²) in [5, 5.41) is 18.1. The third-order valence-electron chi connectivity index (χ3n) is 6.71. The Bertz CT molecular complexity index is 1010. The largest absolute Gasteiger partial charge is 0.496 e. The van der Waals surface area contributed by atoms with E-state index in [2.05, 4.69) is 17.3 Å². The van der Waals surface area contributed by atoms with Crippen molar-refractivity contribution >= 4 is 5.91 Å². The summed E-state index contributed by atoms with van der Waals surface area (Å²) in [6.45, 7) is 6.51. The summed E-state index contributed by atoms with van der Waals surface area (Å²) in [5.41, 5.74) is 1.85. The highest BCUT2D eigenvalue weighted by Crippen LogP contribution is 2.36. The van der Waals surface area contributed by atoms with Gasteiger partial charge in [-0.25, -0.2) is 0 Å². The molecule has 9 heteroatoms. The van der Waals surface area contributed by atoms with E-state index in [9.17, 15) is 23.1 Å². The van der Waals surface area contributed by atoms with Crippen LogP contribution in [-0.4, -0.2) is 46.2 Å². The molecule has 0 radical (unpaired) electrons. The van der Waals surface area contributed by atoms with E-state index in [1.807, 2.05) is 6.92 Å². The van der Waals surface area contributed by atoms with Crippen LogP contribution in [0.3, 0.4) is 0 Å². The van der Waals surface area contributed by atoms with E-state index in [1.54, 1.807) is 29.8 Å². The molecule has 0 unspecified atom stereocenters. The second kappa shape index (κ2) is 10.4. The molecule has 1 saturated carbocycles. The average molecular weight is 482 g/mol. The van der Waals surface area contributed by atoms with E-state index in [4.69, 9.17) is 4.74 Å². The molecule has 0 saturated heterocycles. The molecule has 6 nitrogen and oxygen atoms in total. The molecule has 1 aliphatic rings. The number of halogens is 3. The summed E-state index contributed by atoms with van der Waals surface area (Å²) in [4.78, 5) is 13.0. The van der Waals surface area contributed by atoms with E-state index in [0.717, 1.165) is 12.8 Å². The molecule has 1 amide bonds. The number of hydrogen-bond acceptors (Lipinski definition) is 4. The summed E-state index contributed by atoms with van der Waals surface area (Å²) < 4.78 is 45.1. The van der Waals surface area contributed by atoms with Crippen LogP contribution in [0.4, 0.5) is 13.2 Å². The predicted octanol–water partition coefficient (Wildman–Crippen LogP) is 5.05. The zero-order valence-corrected chi connectivity index (χ0v) is 20.3. The zero-order chi connectivity index (χ0) is 25.1. The zero-order valence-electron chi connectivity index (χ0n) is 20.3. The number of aryl methyl sites for hydroxylation is 2. The first-order valence-electron chi connectivity index (χ1n) is 11.8. The molecule has 0 spiro atoms. The number of hydrogen-bond donors (Lipinski definition) is 2. The van der Waals surface area contributed by atoms with Crippen LogP contribution < -0.4 is 10.1 Å². The number of benzene rings is 1. The molecule has 1 aromatic carbocycles. The SMILES string of the molecule is CCn1nc(C(=O)NCC2(O)CCC(C)CC2)c(C)c1-c1ccc(CCC(F)(F)F)cc1OC. The number of rotatable bonds is 8. The van der Waals surface area contributed by atoms with E-state index in [-0.39, 0.29) is 24.6 Å². The van der Waals surface area contributed by atoms with Crippen molar-refractivity contribution in [2.75, 3.05) is 13.7 Å². The first kappa shape index (κ1) is 26.1. The van der Waals surface area contributed by atoms with Crippen molar-refractivity contribution < 1.29 is 27.8 Å². The lowest BCUT2D eigenvalue weighted by Crippen LogP contribution is -2.45. The second-order valence-electron chi connectivity index (χ2n) is 9.38. The molecular weight excluding hydrogens is 447 g/mol. The third-order valence-corrected chi connectivity index (χ3v) is 6.71. The molecule has 188 valence electrons. The van der Waals surface area contributed by atoms with E-state index in [0.29, 0.717) is 53.4 Å². The number of nitrogens with one attached hydrogen (secondary N) is 1.